The Morgan fingerprint density at radius 1 is 1.39 bits per heavy atom. The smallest absolute Gasteiger partial charge is 0.264 e. The fraction of sp³-hybridized carbons (Fsp3) is 0.333. The highest BCUT2D eigenvalue weighted by molar-refractivity contribution is 6.30. The van der Waals surface area contributed by atoms with E-state index in [-0.39, 0.29) is 6.61 Å². The summed E-state index contributed by atoms with van der Waals surface area (Å²) < 4.78 is 10.5. The summed E-state index contributed by atoms with van der Waals surface area (Å²) in [6, 6.07) is 7.15. The summed E-state index contributed by atoms with van der Waals surface area (Å²) in [6.07, 6.45) is 1.56. The van der Waals surface area contributed by atoms with Crippen LogP contribution >= 0.6 is 11.6 Å². The van der Waals surface area contributed by atoms with Crippen molar-refractivity contribution < 1.29 is 9.26 Å². The Kier molecular flexibility index (Phi) is 4.55. The number of aryl methyl sites for hydroxylation is 1. The van der Waals surface area contributed by atoms with Gasteiger partial charge >= 0.3 is 0 Å². The van der Waals surface area contributed by atoms with Gasteiger partial charge in [-0.15, -0.1) is 0 Å². The van der Waals surface area contributed by atoms with Crippen molar-refractivity contribution >= 4 is 11.6 Å². The fourth-order valence-electron chi connectivity index (χ4n) is 1.41. The second-order valence-electron chi connectivity index (χ2n) is 3.74. The monoisotopic (exact) mass is 267 g/mol. The lowest BCUT2D eigenvalue weighted by Crippen LogP contribution is -2.01. The number of hydrogen-bond donors (Lipinski definition) is 1. The van der Waals surface area contributed by atoms with E-state index in [4.69, 9.17) is 26.6 Å². The van der Waals surface area contributed by atoms with Crippen molar-refractivity contribution in [1.82, 2.24) is 10.1 Å². The van der Waals surface area contributed by atoms with E-state index in [1.807, 2.05) is 12.1 Å². The van der Waals surface area contributed by atoms with Crippen molar-refractivity contribution in [2.75, 3.05) is 6.54 Å². The van der Waals surface area contributed by atoms with Crippen LogP contribution in [0.5, 0.6) is 5.75 Å². The van der Waals surface area contributed by atoms with Gasteiger partial charge in [-0.05, 0) is 31.2 Å². The molecule has 1 heterocycles. The molecule has 0 aliphatic heterocycles. The lowest BCUT2D eigenvalue weighted by atomic mass is 10.3. The number of rotatable bonds is 6. The van der Waals surface area contributed by atoms with Crippen molar-refractivity contribution in [1.29, 1.82) is 0 Å². The van der Waals surface area contributed by atoms with Crippen LogP contribution < -0.4 is 10.5 Å². The lowest BCUT2D eigenvalue weighted by molar-refractivity contribution is 0.242. The SMILES string of the molecule is NCCCc1noc(COc2cccc(Cl)c2)n1. The molecular formula is C12H14ClN3O2. The molecule has 0 saturated heterocycles. The summed E-state index contributed by atoms with van der Waals surface area (Å²) in [4.78, 5) is 4.19. The largest absolute Gasteiger partial charge is 0.484 e. The molecule has 0 saturated carbocycles. The summed E-state index contributed by atoms with van der Waals surface area (Å²) in [6.45, 7) is 0.846. The Labute approximate surface area is 110 Å². The molecule has 2 rings (SSSR count). The van der Waals surface area contributed by atoms with Gasteiger partial charge in [0, 0.05) is 11.4 Å². The Morgan fingerprint density at radius 2 is 2.28 bits per heavy atom. The third-order valence-corrected chi connectivity index (χ3v) is 2.51. The Morgan fingerprint density at radius 3 is 3.06 bits per heavy atom. The molecule has 1 aromatic heterocycles. The molecule has 1 aromatic carbocycles. The first-order valence-corrected chi connectivity index (χ1v) is 6.05. The number of halogens is 1. The van der Waals surface area contributed by atoms with Gasteiger partial charge in [-0.25, -0.2) is 0 Å². The first kappa shape index (κ1) is 12.9. The van der Waals surface area contributed by atoms with E-state index in [9.17, 15) is 0 Å². The maximum atomic E-state index is 5.84. The first-order valence-electron chi connectivity index (χ1n) is 5.68. The standard InChI is InChI=1S/C12H14ClN3O2/c13-9-3-1-4-10(7-9)17-8-12-15-11(16-18-12)5-2-6-14/h1,3-4,7H,2,5-6,8,14H2. The molecule has 0 aliphatic rings. The molecular weight excluding hydrogens is 254 g/mol. The molecule has 96 valence electrons. The van der Waals surface area contributed by atoms with Gasteiger partial charge in [0.25, 0.3) is 5.89 Å². The summed E-state index contributed by atoms with van der Waals surface area (Å²) >= 11 is 5.84. The highest BCUT2D eigenvalue weighted by atomic mass is 35.5. The summed E-state index contributed by atoms with van der Waals surface area (Å²) in [7, 11) is 0. The van der Waals surface area contributed by atoms with Crippen LogP contribution in [0.2, 0.25) is 5.02 Å². The van der Waals surface area contributed by atoms with Crippen molar-refractivity contribution in [2.24, 2.45) is 5.73 Å². The quantitative estimate of drug-likeness (QED) is 0.868. The highest BCUT2D eigenvalue weighted by Crippen LogP contribution is 2.18. The highest BCUT2D eigenvalue weighted by Gasteiger charge is 2.06. The van der Waals surface area contributed by atoms with Crippen LogP contribution in [0.1, 0.15) is 18.1 Å². The van der Waals surface area contributed by atoms with Crippen LogP contribution in [0, 0.1) is 0 Å². The molecule has 0 radical (unpaired) electrons. The number of ether oxygens (including phenoxy) is 1. The topological polar surface area (TPSA) is 74.2 Å². The Hall–Kier alpha value is -1.59. The van der Waals surface area contributed by atoms with Crippen LogP contribution in [-0.4, -0.2) is 16.7 Å². The van der Waals surface area contributed by atoms with Crippen LogP contribution in [0.3, 0.4) is 0 Å². The van der Waals surface area contributed by atoms with Gasteiger partial charge < -0.3 is 15.0 Å². The maximum absolute atomic E-state index is 5.84. The third-order valence-electron chi connectivity index (χ3n) is 2.27. The Bertz CT molecular complexity index is 502. The van der Waals surface area contributed by atoms with Crippen LogP contribution in [0.15, 0.2) is 28.8 Å². The van der Waals surface area contributed by atoms with E-state index in [1.54, 1.807) is 12.1 Å². The molecule has 5 nitrogen and oxygen atoms in total. The van der Waals surface area contributed by atoms with Crippen molar-refractivity contribution in [3.05, 3.63) is 41.0 Å². The molecule has 0 amide bonds. The van der Waals surface area contributed by atoms with E-state index in [0.717, 1.165) is 12.8 Å². The lowest BCUT2D eigenvalue weighted by Gasteiger charge is -2.02. The minimum absolute atomic E-state index is 0.232. The molecule has 0 aliphatic carbocycles. The van der Waals surface area contributed by atoms with Gasteiger partial charge in [-0.3, -0.25) is 0 Å². The zero-order valence-corrected chi connectivity index (χ0v) is 10.6. The number of hydrogen-bond acceptors (Lipinski definition) is 5. The van der Waals surface area contributed by atoms with Crippen molar-refractivity contribution in [3.8, 4) is 5.75 Å². The molecule has 0 unspecified atom stereocenters. The zero-order chi connectivity index (χ0) is 12.8. The second kappa shape index (κ2) is 6.37. The normalized spacial score (nSPS) is 10.6. The van der Waals surface area contributed by atoms with E-state index in [0.29, 0.717) is 29.0 Å². The molecule has 2 aromatic rings. The average molecular weight is 268 g/mol. The summed E-state index contributed by atoms with van der Waals surface area (Å²) in [5.41, 5.74) is 5.41. The van der Waals surface area contributed by atoms with Crippen LogP contribution in [-0.2, 0) is 13.0 Å². The van der Waals surface area contributed by atoms with Gasteiger partial charge in [-0.1, -0.05) is 22.8 Å². The van der Waals surface area contributed by atoms with E-state index < -0.39 is 0 Å². The molecule has 0 fully saturated rings. The maximum Gasteiger partial charge on any atom is 0.264 e. The zero-order valence-electron chi connectivity index (χ0n) is 9.80. The molecule has 2 N–H and O–H groups in total. The van der Waals surface area contributed by atoms with E-state index in [1.165, 1.54) is 0 Å². The van der Waals surface area contributed by atoms with E-state index in [2.05, 4.69) is 10.1 Å². The number of benzene rings is 1. The first-order chi connectivity index (χ1) is 8.78. The minimum atomic E-state index is 0.232. The predicted octanol–water partition coefficient (Wildman–Crippen LogP) is 2.19. The van der Waals surface area contributed by atoms with Crippen LogP contribution in [0.25, 0.3) is 0 Å². The Balaban J connectivity index is 1.88. The average Bonchev–Trinajstić information content (AvgIpc) is 2.82. The van der Waals surface area contributed by atoms with Gasteiger partial charge in [0.1, 0.15) is 5.75 Å². The van der Waals surface area contributed by atoms with E-state index >= 15 is 0 Å². The number of nitrogens with two attached hydrogens (primary N) is 1. The second-order valence-corrected chi connectivity index (χ2v) is 4.18. The van der Waals surface area contributed by atoms with Gasteiger partial charge in [0.2, 0.25) is 0 Å². The van der Waals surface area contributed by atoms with Gasteiger partial charge in [-0.2, -0.15) is 4.98 Å². The molecule has 6 heteroatoms. The fourth-order valence-corrected chi connectivity index (χ4v) is 1.59. The molecule has 0 spiro atoms. The number of aromatic nitrogens is 2. The minimum Gasteiger partial charge on any atom is -0.484 e. The summed E-state index contributed by atoms with van der Waals surface area (Å²) in [5, 5.41) is 4.46. The number of nitrogens with zero attached hydrogens (tertiary/aromatic N) is 2. The summed E-state index contributed by atoms with van der Waals surface area (Å²) in [5.74, 6) is 1.77. The van der Waals surface area contributed by atoms with Gasteiger partial charge in [0.15, 0.2) is 12.4 Å². The molecule has 18 heavy (non-hydrogen) atoms. The molecule has 0 bridgehead atoms. The van der Waals surface area contributed by atoms with Crippen molar-refractivity contribution in [3.63, 3.8) is 0 Å². The van der Waals surface area contributed by atoms with Crippen LogP contribution in [0.4, 0.5) is 0 Å². The van der Waals surface area contributed by atoms with Crippen molar-refractivity contribution in [2.45, 2.75) is 19.4 Å². The third kappa shape index (κ3) is 3.72. The predicted molar refractivity (Wildman–Crippen MR) is 67.5 cm³/mol. The molecule has 0 atom stereocenters. The van der Waals surface area contributed by atoms with Gasteiger partial charge in [0.05, 0.1) is 0 Å².